The fourth-order valence-corrected chi connectivity index (χ4v) is 1.70. The van der Waals surface area contributed by atoms with E-state index in [-0.39, 0.29) is 11.2 Å². The molecular weight excluding hydrogens is 200 g/mol. The van der Waals surface area contributed by atoms with Gasteiger partial charge in [0.05, 0.1) is 5.56 Å². The molecule has 0 spiro atoms. The molecule has 0 aromatic heterocycles. The van der Waals surface area contributed by atoms with Crippen molar-refractivity contribution in [3.8, 4) is 5.75 Å². The molecule has 1 N–H and O–H groups in total. The molecule has 0 radical (unpaired) electrons. The first-order valence-corrected chi connectivity index (χ1v) is 5.71. The van der Waals surface area contributed by atoms with Crippen molar-refractivity contribution in [3.63, 3.8) is 0 Å². The van der Waals surface area contributed by atoms with Crippen molar-refractivity contribution in [2.24, 2.45) is 0 Å². The van der Waals surface area contributed by atoms with Gasteiger partial charge < -0.3 is 5.11 Å². The molecule has 0 bridgehead atoms. The lowest BCUT2D eigenvalue weighted by atomic mass is 9.84. The minimum atomic E-state index is -0.00600. The molecule has 16 heavy (non-hydrogen) atoms. The summed E-state index contributed by atoms with van der Waals surface area (Å²) in [5.41, 5.74) is 2.36. The quantitative estimate of drug-likeness (QED) is 0.792. The Morgan fingerprint density at radius 1 is 1.31 bits per heavy atom. The maximum absolute atomic E-state index is 10.9. The minimum absolute atomic E-state index is 0.00600. The van der Waals surface area contributed by atoms with E-state index in [4.69, 9.17) is 0 Å². The Morgan fingerprint density at radius 2 is 1.94 bits per heavy atom. The first-order valence-electron chi connectivity index (χ1n) is 5.71. The highest BCUT2D eigenvalue weighted by Crippen LogP contribution is 2.30. The Labute approximate surface area is 97.3 Å². The number of hydrogen-bond acceptors (Lipinski definition) is 2. The normalized spacial score (nSPS) is 11.5. The molecule has 0 aliphatic rings. The monoisotopic (exact) mass is 220 g/mol. The third-order valence-electron chi connectivity index (χ3n) is 2.73. The number of rotatable bonds is 3. The van der Waals surface area contributed by atoms with Gasteiger partial charge in [-0.15, -0.1) is 0 Å². The lowest BCUT2D eigenvalue weighted by Gasteiger charge is -2.21. The average molecular weight is 220 g/mol. The second-order valence-corrected chi connectivity index (χ2v) is 5.19. The summed E-state index contributed by atoms with van der Waals surface area (Å²) in [6.07, 6.45) is 2.49. The zero-order valence-electron chi connectivity index (χ0n) is 10.5. The predicted octanol–water partition coefficient (Wildman–Crippen LogP) is 3.45. The van der Waals surface area contributed by atoms with Gasteiger partial charge in [-0.2, -0.15) is 0 Å². The fourth-order valence-electron chi connectivity index (χ4n) is 1.70. The van der Waals surface area contributed by atoms with Gasteiger partial charge in [0.2, 0.25) is 0 Å². The number of carbonyl (C=O) groups excluding carboxylic acids is 1. The van der Waals surface area contributed by atoms with Crippen molar-refractivity contribution in [2.75, 3.05) is 0 Å². The summed E-state index contributed by atoms with van der Waals surface area (Å²) in [6, 6.07) is 3.79. The van der Waals surface area contributed by atoms with Crippen LogP contribution in [0.1, 0.15) is 55.6 Å². The second kappa shape index (κ2) is 4.69. The number of phenolic OH excluding ortho intramolecular Hbond substituents is 1. The van der Waals surface area contributed by atoms with Crippen LogP contribution in [0, 0.1) is 0 Å². The van der Waals surface area contributed by atoms with Crippen molar-refractivity contribution in [1.29, 1.82) is 0 Å². The number of phenols is 1. The zero-order valence-corrected chi connectivity index (χ0v) is 10.5. The topological polar surface area (TPSA) is 37.3 Å². The van der Waals surface area contributed by atoms with E-state index < -0.39 is 0 Å². The first kappa shape index (κ1) is 12.8. The van der Waals surface area contributed by atoms with Crippen LogP contribution in [0.3, 0.4) is 0 Å². The van der Waals surface area contributed by atoms with Gasteiger partial charge in [0.15, 0.2) is 6.29 Å². The summed E-state index contributed by atoms with van der Waals surface area (Å²) in [5.74, 6) is 0.143. The van der Waals surface area contributed by atoms with Crippen molar-refractivity contribution < 1.29 is 9.90 Å². The summed E-state index contributed by atoms with van der Waals surface area (Å²) in [5, 5.41) is 9.88. The largest absolute Gasteiger partial charge is 0.507 e. The maximum atomic E-state index is 10.9. The van der Waals surface area contributed by atoms with Crippen LogP contribution in [-0.2, 0) is 11.8 Å². The molecule has 0 aliphatic heterocycles. The van der Waals surface area contributed by atoms with Gasteiger partial charge in [0, 0.05) is 0 Å². The average Bonchev–Trinajstić information content (AvgIpc) is 2.19. The van der Waals surface area contributed by atoms with E-state index in [1.54, 1.807) is 6.07 Å². The molecule has 0 unspecified atom stereocenters. The van der Waals surface area contributed by atoms with Crippen LogP contribution in [0.4, 0.5) is 0 Å². The molecule has 88 valence electrons. The second-order valence-electron chi connectivity index (χ2n) is 5.19. The Morgan fingerprint density at radius 3 is 2.38 bits per heavy atom. The molecule has 0 aliphatic carbocycles. The lowest BCUT2D eigenvalue weighted by Crippen LogP contribution is -2.12. The fraction of sp³-hybridized carbons (Fsp3) is 0.500. The van der Waals surface area contributed by atoms with E-state index in [1.165, 1.54) is 0 Å². The Kier molecular flexibility index (Phi) is 3.74. The van der Waals surface area contributed by atoms with Crippen LogP contribution in [0.15, 0.2) is 12.1 Å². The van der Waals surface area contributed by atoms with Crippen LogP contribution < -0.4 is 0 Å². The maximum Gasteiger partial charge on any atom is 0.153 e. The Bertz CT molecular complexity index is 386. The molecule has 2 nitrogen and oxygen atoms in total. The third kappa shape index (κ3) is 2.63. The van der Waals surface area contributed by atoms with Gasteiger partial charge in [-0.25, -0.2) is 0 Å². The number of aldehydes is 1. The van der Waals surface area contributed by atoms with Crippen molar-refractivity contribution in [2.45, 2.75) is 46.0 Å². The highest BCUT2D eigenvalue weighted by molar-refractivity contribution is 5.80. The standard InChI is InChI=1S/C14H20O2/c1-5-6-10-7-12(14(2,3)4)8-11(9-15)13(10)16/h7-9,16H,5-6H2,1-4H3. The molecule has 0 heterocycles. The number of aromatic hydroxyl groups is 1. The van der Waals surface area contributed by atoms with Crippen LogP contribution in [0.2, 0.25) is 0 Å². The summed E-state index contributed by atoms with van der Waals surface area (Å²) in [7, 11) is 0. The van der Waals surface area contributed by atoms with E-state index in [1.807, 2.05) is 6.07 Å². The smallest absolute Gasteiger partial charge is 0.153 e. The Hall–Kier alpha value is -1.31. The molecule has 0 amide bonds. The lowest BCUT2D eigenvalue weighted by molar-refractivity contribution is 0.112. The van der Waals surface area contributed by atoms with Crippen LogP contribution in [0.25, 0.3) is 0 Å². The van der Waals surface area contributed by atoms with E-state index in [9.17, 15) is 9.90 Å². The van der Waals surface area contributed by atoms with Crippen molar-refractivity contribution in [1.82, 2.24) is 0 Å². The van der Waals surface area contributed by atoms with Gasteiger partial charge in [-0.3, -0.25) is 4.79 Å². The predicted molar refractivity (Wildman–Crippen MR) is 66.2 cm³/mol. The van der Waals surface area contributed by atoms with E-state index >= 15 is 0 Å². The number of aryl methyl sites for hydroxylation is 1. The molecule has 0 atom stereocenters. The molecular formula is C14H20O2. The van der Waals surface area contributed by atoms with E-state index in [2.05, 4.69) is 27.7 Å². The molecule has 0 fully saturated rings. The zero-order chi connectivity index (χ0) is 12.3. The van der Waals surface area contributed by atoms with Crippen LogP contribution >= 0.6 is 0 Å². The summed E-state index contributed by atoms with van der Waals surface area (Å²) >= 11 is 0. The van der Waals surface area contributed by atoms with E-state index in [0.717, 1.165) is 30.3 Å². The summed E-state index contributed by atoms with van der Waals surface area (Å²) < 4.78 is 0. The van der Waals surface area contributed by atoms with Crippen molar-refractivity contribution in [3.05, 3.63) is 28.8 Å². The molecule has 1 aromatic rings. The third-order valence-corrected chi connectivity index (χ3v) is 2.73. The van der Waals surface area contributed by atoms with Crippen molar-refractivity contribution >= 4 is 6.29 Å². The molecule has 1 aromatic carbocycles. The summed E-state index contributed by atoms with van der Waals surface area (Å²) in [4.78, 5) is 10.9. The minimum Gasteiger partial charge on any atom is -0.507 e. The van der Waals surface area contributed by atoms with Gasteiger partial charge >= 0.3 is 0 Å². The highest BCUT2D eigenvalue weighted by atomic mass is 16.3. The van der Waals surface area contributed by atoms with E-state index in [0.29, 0.717) is 5.56 Å². The number of carbonyl (C=O) groups is 1. The van der Waals surface area contributed by atoms with Gasteiger partial charge in [0.25, 0.3) is 0 Å². The molecule has 2 heteroatoms. The Balaban J connectivity index is 3.34. The van der Waals surface area contributed by atoms with Gasteiger partial charge in [-0.05, 0) is 29.0 Å². The molecule has 1 rings (SSSR count). The number of hydrogen-bond donors (Lipinski definition) is 1. The van der Waals surface area contributed by atoms with Crippen LogP contribution in [0.5, 0.6) is 5.75 Å². The number of benzene rings is 1. The SMILES string of the molecule is CCCc1cc(C(C)(C)C)cc(C=O)c1O. The molecule has 0 saturated heterocycles. The molecule has 0 saturated carbocycles. The van der Waals surface area contributed by atoms with Gasteiger partial charge in [0.1, 0.15) is 5.75 Å². The van der Waals surface area contributed by atoms with Gasteiger partial charge in [-0.1, -0.05) is 40.2 Å². The summed E-state index contributed by atoms with van der Waals surface area (Å²) in [6.45, 7) is 8.36. The van der Waals surface area contributed by atoms with Crippen LogP contribution in [-0.4, -0.2) is 11.4 Å². The first-order chi connectivity index (χ1) is 7.40. The highest BCUT2D eigenvalue weighted by Gasteiger charge is 2.18.